The number of ether oxygens (including phenoxy) is 1. The molecule has 0 bridgehead atoms. The van der Waals surface area contributed by atoms with E-state index in [9.17, 15) is 13.2 Å². The number of nitrogen functional groups attached to an aromatic ring is 1. The molecule has 0 aliphatic heterocycles. The summed E-state index contributed by atoms with van der Waals surface area (Å²) in [6, 6.07) is 8.33. The number of hydrogen-bond acceptors (Lipinski definition) is 3. The number of nitrogens with zero attached hydrogens (tertiary/aromatic N) is 1. The van der Waals surface area contributed by atoms with Gasteiger partial charge in [0.1, 0.15) is 11.6 Å². The van der Waals surface area contributed by atoms with Crippen molar-refractivity contribution in [1.82, 2.24) is 4.98 Å². The van der Waals surface area contributed by atoms with Crippen molar-refractivity contribution in [2.45, 2.75) is 6.18 Å². The molecule has 0 aliphatic rings. The van der Waals surface area contributed by atoms with Crippen molar-refractivity contribution in [3.8, 4) is 17.0 Å². The van der Waals surface area contributed by atoms with Gasteiger partial charge < -0.3 is 10.5 Å². The van der Waals surface area contributed by atoms with Crippen LogP contribution in [0.2, 0.25) is 0 Å². The molecule has 1 aromatic heterocycles. The minimum Gasteiger partial charge on any atom is -0.497 e. The number of anilines is 1. The normalized spacial score (nSPS) is 11.4. The number of hydrogen-bond donors (Lipinski definition) is 1. The van der Waals surface area contributed by atoms with Gasteiger partial charge in [0.2, 0.25) is 0 Å². The van der Waals surface area contributed by atoms with Crippen LogP contribution in [-0.4, -0.2) is 12.1 Å². The molecule has 0 saturated heterocycles. The van der Waals surface area contributed by atoms with Gasteiger partial charge >= 0.3 is 6.18 Å². The van der Waals surface area contributed by atoms with E-state index in [1.807, 2.05) is 0 Å². The lowest BCUT2D eigenvalue weighted by Crippen LogP contribution is -2.07. The molecule has 0 aliphatic carbocycles. The minimum atomic E-state index is -4.45. The molecule has 1 heterocycles. The van der Waals surface area contributed by atoms with E-state index in [0.717, 1.165) is 12.1 Å². The van der Waals surface area contributed by atoms with Gasteiger partial charge in [0, 0.05) is 5.56 Å². The first kappa shape index (κ1) is 13.2. The molecule has 0 amide bonds. The summed E-state index contributed by atoms with van der Waals surface area (Å²) in [5.41, 5.74) is 5.32. The SMILES string of the molecule is COc1ccc(-c2cc(C(F)(F)F)cc(N)n2)cc1. The van der Waals surface area contributed by atoms with Crippen molar-refractivity contribution >= 4 is 5.82 Å². The van der Waals surface area contributed by atoms with E-state index in [1.54, 1.807) is 24.3 Å². The summed E-state index contributed by atoms with van der Waals surface area (Å²) in [6.45, 7) is 0. The third-order valence-electron chi connectivity index (χ3n) is 2.56. The summed E-state index contributed by atoms with van der Waals surface area (Å²) in [5, 5.41) is 0. The van der Waals surface area contributed by atoms with Crippen molar-refractivity contribution in [3.05, 3.63) is 42.0 Å². The van der Waals surface area contributed by atoms with Gasteiger partial charge in [-0.05, 0) is 36.4 Å². The molecule has 19 heavy (non-hydrogen) atoms. The summed E-state index contributed by atoms with van der Waals surface area (Å²) < 4.78 is 43.0. The van der Waals surface area contributed by atoms with Crippen molar-refractivity contribution in [3.63, 3.8) is 0 Å². The number of benzene rings is 1. The Morgan fingerprint density at radius 3 is 2.26 bits per heavy atom. The lowest BCUT2D eigenvalue weighted by molar-refractivity contribution is -0.137. The highest BCUT2D eigenvalue weighted by molar-refractivity contribution is 5.63. The molecule has 6 heteroatoms. The molecule has 3 nitrogen and oxygen atoms in total. The first-order chi connectivity index (χ1) is 8.90. The average Bonchev–Trinajstić information content (AvgIpc) is 2.37. The fourth-order valence-electron chi connectivity index (χ4n) is 1.63. The fraction of sp³-hybridized carbons (Fsp3) is 0.154. The molecule has 2 rings (SSSR count). The number of alkyl halides is 3. The Morgan fingerprint density at radius 1 is 1.11 bits per heavy atom. The molecule has 100 valence electrons. The summed E-state index contributed by atoms with van der Waals surface area (Å²) in [5.74, 6) is 0.448. The average molecular weight is 268 g/mol. The van der Waals surface area contributed by atoms with Crippen LogP contribution in [0.1, 0.15) is 5.56 Å². The Morgan fingerprint density at radius 2 is 1.74 bits per heavy atom. The van der Waals surface area contributed by atoms with Crippen LogP contribution in [0.15, 0.2) is 36.4 Å². The molecule has 0 radical (unpaired) electrons. The predicted molar refractivity (Wildman–Crippen MR) is 65.6 cm³/mol. The number of methoxy groups -OCH3 is 1. The molecule has 1 aromatic carbocycles. The lowest BCUT2D eigenvalue weighted by atomic mass is 10.1. The highest BCUT2D eigenvalue weighted by atomic mass is 19.4. The van der Waals surface area contributed by atoms with Crippen LogP contribution in [-0.2, 0) is 6.18 Å². The third kappa shape index (κ3) is 2.96. The highest BCUT2D eigenvalue weighted by Gasteiger charge is 2.31. The first-order valence-electron chi connectivity index (χ1n) is 5.39. The Balaban J connectivity index is 2.46. The monoisotopic (exact) mass is 268 g/mol. The number of aromatic nitrogens is 1. The molecular weight excluding hydrogens is 257 g/mol. The maximum atomic E-state index is 12.7. The number of rotatable bonds is 2. The fourth-order valence-corrected chi connectivity index (χ4v) is 1.63. The largest absolute Gasteiger partial charge is 0.497 e. The van der Waals surface area contributed by atoms with Crippen LogP contribution < -0.4 is 10.5 Å². The van der Waals surface area contributed by atoms with Gasteiger partial charge in [0.05, 0.1) is 18.4 Å². The van der Waals surface area contributed by atoms with Crippen LogP contribution >= 0.6 is 0 Å². The lowest BCUT2D eigenvalue weighted by Gasteiger charge is -2.10. The quantitative estimate of drug-likeness (QED) is 0.908. The van der Waals surface area contributed by atoms with Crippen molar-refractivity contribution in [2.24, 2.45) is 0 Å². The van der Waals surface area contributed by atoms with Gasteiger partial charge in [-0.1, -0.05) is 0 Å². The van der Waals surface area contributed by atoms with Crippen LogP contribution in [0.3, 0.4) is 0 Å². The van der Waals surface area contributed by atoms with Gasteiger partial charge in [0.15, 0.2) is 0 Å². The summed E-state index contributed by atoms with van der Waals surface area (Å²) in [4.78, 5) is 3.91. The predicted octanol–water partition coefficient (Wildman–Crippen LogP) is 3.36. The summed E-state index contributed by atoms with van der Waals surface area (Å²) in [7, 11) is 1.51. The van der Waals surface area contributed by atoms with Crippen LogP contribution in [0, 0.1) is 0 Å². The zero-order chi connectivity index (χ0) is 14.0. The zero-order valence-electron chi connectivity index (χ0n) is 10.0. The maximum absolute atomic E-state index is 12.7. The van der Waals surface area contributed by atoms with E-state index >= 15 is 0 Å². The minimum absolute atomic E-state index is 0.166. The van der Waals surface area contributed by atoms with Crippen molar-refractivity contribution < 1.29 is 17.9 Å². The molecule has 0 atom stereocenters. The molecule has 0 saturated carbocycles. The van der Waals surface area contributed by atoms with E-state index in [2.05, 4.69) is 4.98 Å². The van der Waals surface area contributed by atoms with Crippen molar-refractivity contribution in [2.75, 3.05) is 12.8 Å². The number of nitrogens with two attached hydrogens (primary N) is 1. The second kappa shape index (κ2) is 4.79. The zero-order valence-corrected chi connectivity index (χ0v) is 10.0. The number of halogens is 3. The van der Waals surface area contributed by atoms with E-state index < -0.39 is 11.7 Å². The van der Waals surface area contributed by atoms with E-state index in [1.165, 1.54) is 7.11 Å². The number of pyridine rings is 1. The second-order valence-electron chi connectivity index (χ2n) is 3.89. The molecule has 0 spiro atoms. The summed E-state index contributed by atoms with van der Waals surface area (Å²) in [6.07, 6.45) is -4.45. The first-order valence-corrected chi connectivity index (χ1v) is 5.39. The van der Waals surface area contributed by atoms with Gasteiger partial charge in [0.25, 0.3) is 0 Å². The van der Waals surface area contributed by atoms with Crippen LogP contribution in [0.5, 0.6) is 5.75 Å². The molecule has 0 fully saturated rings. The topological polar surface area (TPSA) is 48.1 Å². The maximum Gasteiger partial charge on any atom is 0.416 e. The summed E-state index contributed by atoms with van der Waals surface area (Å²) >= 11 is 0. The molecule has 2 N–H and O–H groups in total. The van der Waals surface area contributed by atoms with E-state index in [4.69, 9.17) is 10.5 Å². The van der Waals surface area contributed by atoms with Crippen LogP contribution in [0.25, 0.3) is 11.3 Å². The third-order valence-corrected chi connectivity index (χ3v) is 2.56. The Hall–Kier alpha value is -2.24. The van der Waals surface area contributed by atoms with Gasteiger partial charge in [-0.25, -0.2) is 4.98 Å². The Bertz CT molecular complexity index is 579. The van der Waals surface area contributed by atoms with Crippen LogP contribution in [0.4, 0.5) is 19.0 Å². The van der Waals surface area contributed by atoms with Crippen molar-refractivity contribution in [1.29, 1.82) is 0 Å². The Kier molecular flexibility index (Phi) is 3.33. The molecule has 2 aromatic rings. The van der Waals surface area contributed by atoms with E-state index in [0.29, 0.717) is 11.3 Å². The van der Waals surface area contributed by atoms with E-state index in [-0.39, 0.29) is 11.5 Å². The van der Waals surface area contributed by atoms with Gasteiger partial charge in [-0.3, -0.25) is 0 Å². The molecule has 0 unspecified atom stereocenters. The highest BCUT2D eigenvalue weighted by Crippen LogP contribution is 2.33. The Labute approximate surface area is 107 Å². The molecular formula is C13H11F3N2O. The second-order valence-corrected chi connectivity index (χ2v) is 3.89. The van der Waals surface area contributed by atoms with Gasteiger partial charge in [-0.15, -0.1) is 0 Å². The smallest absolute Gasteiger partial charge is 0.416 e. The van der Waals surface area contributed by atoms with Gasteiger partial charge in [-0.2, -0.15) is 13.2 Å². The standard InChI is InChI=1S/C13H11F3N2O/c1-19-10-4-2-8(3-5-10)11-6-9(13(14,15)16)7-12(17)18-11/h2-7H,1H3,(H2,17,18).